The van der Waals surface area contributed by atoms with Gasteiger partial charge in [-0.25, -0.2) is 13.2 Å². The van der Waals surface area contributed by atoms with E-state index in [-0.39, 0.29) is 11.8 Å². The molecule has 0 atom stereocenters. The summed E-state index contributed by atoms with van der Waals surface area (Å²) in [5.74, 6) is 0.0540. The van der Waals surface area contributed by atoms with Crippen molar-refractivity contribution in [2.75, 3.05) is 27.2 Å². The molecule has 2 N–H and O–H groups in total. The minimum atomic E-state index is -3.31. The fourth-order valence-electron chi connectivity index (χ4n) is 3.11. The van der Waals surface area contributed by atoms with Gasteiger partial charge >= 0.3 is 6.03 Å². The monoisotopic (exact) mass is 373 g/mol. The molecule has 0 saturated carbocycles. The van der Waals surface area contributed by atoms with E-state index in [4.69, 9.17) is 0 Å². The third kappa shape index (κ3) is 3.67. The number of carbonyl (C=O) groups excluding carboxylic acids is 1. The predicted octanol–water partition coefficient (Wildman–Crippen LogP) is 3.61. The number of hydrogen-bond donors (Lipinski definition) is 2. The molecule has 2 aromatic rings. The number of aryl methyl sites for hydroxylation is 1. The zero-order valence-corrected chi connectivity index (χ0v) is 15.8. The maximum absolute atomic E-state index is 12.3. The Hall–Kier alpha value is -2.54. The first-order valence-corrected chi connectivity index (χ1v) is 10.3. The van der Waals surface area contributed by atoms with E-state index in [1.54, 1.807) is 19.1 Å². The van der Waals surface area contributed by atoms with Crippen molar-refractivity contribution in [3.8, 4) is 0 Å². The highest BCUT2D eigenvalue weighted by atomic mass is 32.2. The van der Waals surface area contributed by atoms with Crippen LogP contribution in [0.5, 0.6) is 0 Å². The van der Waals surface area contributed by atoms with Crippen molar-refractivity contribution in [3.05, 3.63) is 53.6 Å². The summed E-state index contributed by atoms with van der Waals surface area (Å²) >= 11 is 0. The summed E-state index contributed by atoms with van der Waals surface area (Å²) in [5.41, 5.74) is 4.01. The standard InChI is InChI=1S/C19H23N3O3S/c1-3-14-7-5-6-8-17(14)21-19(23)20-16-10-9-15-11-12-22(18(15)13-16)26(24,25)4-2/h5-10,13H,3-4,11-12H2,1-2H3,(H2,20,21,23). The van der Waals surface area contributed by atoms with E-state index in [0.717, 1.165) is 23.2 Å². The molecular weight excluding hydrogens is 350 g/mol. The largest absolute Gasteiger partial charge is 0.323 e. The average Bonchev–Trinajstić information content (AvgIpc) is 3.06. The number of benzene rings is 2. The normalized spacial score (nSPS) is 13.4. The van der Waals surface area contributed by atoms with Gasteiger partial charge in [-0.1, -0.05) is 31.2 Å². The summed E-state index contributed by atoms with van der Waals surface area (Å²) in [5, 5.41) is 5.64. The quantitative estimate of drug-likeness (QED) is 0.840. The highest BCUT2D eigenvalue weighted by molar-refractivity contribution is 7.92. The third-order valence-corrected chi connectivity index (χ3v) is 6.32. The summed E-state index contributed by atoms with van der Waals surface area (Å²) in [6, 6.07) is 12.7. The minimum Gasteiger partial charge on any atom is -0.308 e. The molecule has 0 unspecified atom stereocenters. The number of nitrogens with one attached hydrogen (secondary N) is 2. The Bertz CT molecular complexity index is 925. The van der Waals surface area contributed by atoms with Gasteiger partial charge in [0.15, 0.2) is 0 Å². The fraction of sp³-hybridized carbons (Fsp3) is 0.316. The number of sulfonamides is 1. The number of nitrogens with zero attached hydrogens (tertiary/aromatic N) is 1. The molecule has 0 spiro atoms. The molecule has 0 fully saturated rings. The molecule has 0 bridgehead atoms. The van der Waals surface area contributed by atoms with Crippen molar-refractivity contribution in [2.45, 2.75) is 26.7 Å². The number of carbonyl (C=O) groups is 1. The van der Waals surface area contributed by atoms with Crippen LogP contribution in [-0.4, -0.2) is 26.7 Å². The molecule has 0 radical (unpaired) electrons. The maximum atomic E-state index is 12.3. The number of anilines is 3. The molecule has 0 aliphatic carbocycles. The Morgan fingerprint density at radius 1 is 1.12 bits per heavy atom. The molecule has 26 heavy (non-hydrogen) atoms. The third-order valence-electron chi connectivity index (χ3n) is 4.54. The Morgan fingerprint density at radius 3 is 2.62 bits per heavy atom. The van der Waals surface area contributed by atoms with Crippen LogP contribution in [0.1, 0.15) is 25.0 Å². The first-order valence-electron chi connectivity index (χ1n) is 8.74. The van der Waals surface area contributed by atoms with Gasteiger partial charge in [0.1, 0.15) is 0 Å². The van der Waals surface area contributed by atoms with Crippen molar-refractivity contribution in [1.29, 1.82) is 0 Å². The molecule has 3 rings (SSSR count). The predicted molar refractivity (Wildman–Crippen MR) is 105 cm³/mol. The lowest BCUT2D eigenvalue weighted by atomic mass is 10.1. The van der Waals surface area contributed by atoms with Crippen LogP contribution in [0, 0.1) is 0 Å². The number of fused-ring (bicyclic) bond motifs is 1. The van der Waals surface area contributed by atoms with Gasteiger partial charge in [-0.15, -0.1) is 0 Å². The topological polar surface area (TPSA) is 78.5 Å². The van der Waals surface area contributed by atoms with Gasteiger partial charge in [0.05, 0.1) is 11.4 Å². The number of urea groups is 1. The summed E-state index contributed by atoms with van der Waals surface area (Å²) in [4.78, 5) is 12.3. The van der Waals surface area contributed by atoms with E-state index >= 15 is 0 Å². The number of rotatable bonds is 5. The van der Waals surface area contributed by atoms with Crippen molar-refractivity contribution in [3.63, 3.8) is 0 Å². The Labute approximate surface area is 154 Å². The van der Waals surface area contributed by atoms with Crippen LogP contribution >= 0.6 is 0 Å². The van der Waals surface area contributed by atoms with Crippen LogP contribution in [0.3, 0.4) is 0 Å². The summed E-state index contributed by atoms with van der Waals surface area (Å²) in [6.45, 7) is 4.11. The van der Waals surface area contributed by atoms with Crippen LogP contribution in [-0.2, 0) is 22.9 Å². The SMILES string of the molecule is CCc1ccccc1NC(=O)Nc1ccc2c(c1)N(S(=O)(=O)CC)CC2. The molecule has 2 amide bonds. The lowest BCUT2D eigenvalue weighted by Gasteiger charge is -2.19. The van der Waals surface area contributed by atoms with Crippen LogP contribution in [0.2, 0.25) is 0 Å². The highest BCUT2D eigenvalue weighted by Crippen LogP contribution is 2.33. The molecule has 1 aliphatic heterocycles. The van der Waals surface area contributed by atoms with Crippen molar-refractivity contribution in [2.24, 2.45) is 0 Å². The summed E-state index contributed by atoms with van der Waals surface area (Å²) < 4.78 is 25.9. The van der Waals surface area contributed by atoms with E-state index in [0.29, 0.717) is 24.3 Å². The van der Waals surface area contributed by atoms with Gasteiger partial charge in [0.2, 0.25) is 10.0 Å². The van der Waals surface area contributed by atoms with Gasteiger partial charge in [0.25, 0.3) is 0 Å². The van der Waals surface area contributed by atoms with E-state index < -0.39 is 10.0 Å². The molecular formula is C19H23N3O3S. The van der Waals surface area contributed by atoms with Crippen LogP contribution in [0.25, 0.3) is 0 Å². The zero-order valence-electron chi connectivity index (χ0n) is 15.0. The van der Waals surface area contributed by atoms with Gasteiger partial charge in [0, 0.05) is 17.9 Å². The van der Waals surface area contributed by atoms with Crippen LogP contribution in [0.15, 0.2) is 42.5 Å². The smallest absolute Gasteiger partial charge is 0.308 e. The lowest BCUT2D eigenvalue weighted by molar-refractivity contribution is 0.262. The number of amides is 2. The molecule has 0 aromatic heterocycles. The zero-order chi connectivity index (χ0) is 18.7. The van der Waals surface area contributed by atoms with E-state index in [1.807, 2.05) is 37.3 Å². The van der Waals surface area contributed by atoms with Crippen LogP contribution in [0.4, 0.5) is 21.9 Å². The van der Waals surface area contributed by atoms with Gasteiger partial charge in [-0.3, -0.25) is 4.31 Å². The number of hydrogen-bond acceptors (Lipinski definition) is 3. The number of para-hydroxylation sites is 1. The second-order valence-corrected chi connectivity index (χ2v) is 8.34. The molecule has 2 aromatic carbocycles. The van der Waals surface area contributed by atoms with Crippen molar-refractivity contribution >= 4 is 33.1 Å². The van der Waals surface area contributed by atoms with Gasteiger partial charge < -0.3 is 10.6 Å². The Morgan fingerprint density at radius 2 is 1.88 bits per heavy atom. The molecule has 138 valence electrons. The fourth-order valence-corrected chi connectivity index (χ4v) is 4.26. The van der Waals surface area contributed by atoms with Gasteiger partial charge in [-0.05, 0) is 49.1 Å². The molecule has 7 heteroatoms. The molecule has 1 heterocycles. The van der Waals surface area contributed by atoms with E-state index in [2.05, 4.69) is 10.6 Å². The first kappa shape index (κ1) is 18.3. The van der Waals surface area contributed by atoms with Crippen molar-refractivity contribution in [1.82, 2.24) is 0 Å². The second kappa shape index (κ2) is 7.37. The molecule has 1 aliphatic rings. The molecule has 6 nitrogen and oxygen atoms in total. The van der Waals surface area contributed by atoms with E-state index in [9.17, 15) is 13.2 Å². The Balaban J connectivity index is 1.77. The van der Waals surface area contributed by atoms with E-state index in [1.165, 1.54) is 4.31 Å². The maximum Gasteiger partial charge on any atom is 0.323 e. The molecule has 0 saturated heterocycles. The van der Waals surface area contributed by atoms with Crippen molar-refractivity contribution < 1.29 is 13.2 Å². The first-order chi connectivity index (χ1) is 12.4. The van der Waals surface area contributed by atoms with Gasteiger partial charge in [-0.2, -0.15) is 0 Å². The average molecular weight is 373 g/mol. The second-order valence-electron chi connectivity index (χ2n) is 6.16. The summed E-state index contributed by atoms with van der Waals surface area (Å²) in [6.07, 6.45) is 1.50. The highest BCUT2D eigenvalue weighted by Gasteiger charge is 2.28. The summed E-state index contributed by atoms with van der Waals surface area (Å²) in [7, 11) is -3.31. The Kier molecular flexibility index (Phi) is 5.18. The lowest BCUT2D eigenvalue weighted by Crippen LogP contribution is -2.30. The minimum absolute atomic E-state index is 0.0540. The van der Waals surface area contributed by atoms with Crippen LogP contribution < -0.4 is 14.9 Å².